The molecule has 3 rings (SSSR count). The molecule has 102 valence electrons. The molecule has 0 aromatic carbocycles. The van der Waals surface area contributed by atoms with Crippen molar-refractivity contribution in [1.82, 2.24) is 19.7 Å². The molecule has 0 saturated carbocycles. The summed E-state index contributed by atoms with van der Waals surface area (Å²) in [5.41, 5.74) is 1.18. The highest BCUT2D eigenvalue weighted by atomic mass is 32.1. The van der Waals surface area contributed by atoms with Crippen molar-refractivity contribution in [2.75, 3.05) is 5.32 Å². The fraction of sp³-hybridized carbons (Fsp3) is 0.167. The molecule has 0 radical (unpaired) electrons. The van der Waals surface area contributed by atoms with E-state index in [0.29, 0.717) is 21.9 Å². The van der Waals surface area contributed by atoms with Crippen molar-refractivity contribution in [3.63, 3.8) is 0 Å². The van der Waals surface area contributed by atoms with Gasteiger partial charge in [-0.05, 0) is 6.92 Å². The van der Waals surface area contributed by atoms with Gasteiger partial charge in [0.25, 0.3) is 0 Å². The van der Waals surface area contributed by atoms with Gasteiger partial charge in [0.15, 0.2) is 10.8 Å². The lowest BCUT2D eigenvalue weighted by molar-refractivity contribution is 0.0697. The van der Waals surface area contributed by atoms with E-state index < -0.39 is 5.97 Å². The smallest absolute Gasteiger partial charge is 0.339 e. The van der Waals surface area contributed by atoms with Gasteiger partial charge in [0.05, 0.1) is 17.3 Å². The maximum absolute atomic E-state index is 11.3. The van der Waals surface area contributed by atoms with Crippen LogP contribution >= 0.6 is 11.3 Å². The molecule has 20 heavy (non-hydrogen) atoms. The third-order valence-electron chi connectivity index (χ3n) is 2.85. The number of aromatic nitrogens is 4. The third-order valence-corrected chi connectivity index (χ3v) is 3.67. The van der Waals surface area contributed by atoms with Crippen LogP contribution in [0, 0.1) is 6.92 Å². The van der Waals surface area contributed by atoms with Crippen molar-refractivity contribution in [3.05, 3.63) is 29.0 Å². The molecule has 2 N–H and O–H groups in total. The molecule has 0 spiro atoms. The first-order valence-corrected chi connectivity index (χ1v) is 6.61. The number of pyridine rings is 1. The monoisotopic (exact) mass is 289 g/mol. The maximum atomic E-state index is 11.3. The number of carboxylic acid groups (broad SMARTS) is 1. The van der Waals surface area contributed by atoms with Gasteiger partial charge < -0.3 is 10.4 Å². The molecule has 8 heteroatoms. The number of rotatable bonds is 3. The lowest BCUT2D eigenvalue weighted by atomic mass is 10.2. The summed E-state index contributed by atoms with van der Waals surface area (Å²) in [6, 6.07) is 0. The number of hydrogen-bond acceptors (Lipinski definition) is 6. The number of thiazole rings is 1. The van der Waals surface area contributed by atoms with Gasteiger partial charge >= 0.3 is 5.97 Å². The summed E-state index contributed by atoms with van der Waals surface area (Å²) in [6.45, 7) is 1.94. The minimum absolute atomic E-state index is 0.0957. The first kappa shape index (κ1) is 12.5. The Kier molecular flexibility index (Phi) is 2.87. The Labute approximate surface area is 117 Å². The van der Waals surface area contributed by atoms with E-state index >= 15 is 0 Å². The largest absolute Gasteiger partial charge is 0.478 e. The summed E-state index contributed by atoms with van der Waals surface area (Å²) in [4.78, 5) is 20.7. The van der Waals surface area contributed by atoms with Crippen molar-refractivity contribution >= 4 is 39.2 Å². The van der Waals surface area contributed by atoms with Gasteiger partial charge in [0, 0.05) is 24.3 Å². The normalized spacial score (nSPS) is 10.9. The average molecular weight is 289 g/mol. The summed E-state index contributed by atoms with van der Waals surface area (Å²) in [6.07, 6.45) is 4.65. The molecule has 3 aromatic rings. The van der Waals surface area contributed by atoms with Gasteiger partial charge in [-0.2, -0.15) is 5.10 Å². The molecule has 0 saturated heterocycles. The van der Waals surface area contributed by atoms with Crippen LogP contribution in [-0.4, -0.2) is 30.8 Å². The molecule has 0 aliphatic rings. The van der Waals surface area contributed by atoms with Crippen LogP contribution in [0.1, 0.15) is 15.2 Å². The predicted octanol–water partition coefficient (Wildman–Crippen LogP) is 2.18. The van der Waals surface area contributed by atoms with Crippen molar-refractivity contribution in [3.8, 4) is 0 Å². The van der Waals surface area contributed by atoms with Crippen LogP contribution in [-0.2, 0) is 7.05 Å². The van der Waals surface area contributed by atoms with Crippen molar-refractivity contribution in [2.24, 2.45) is 7.05 Å². The summed E-state index contributed by atoms with van der Waals surface area (Å²) in [5, 5.41) is 17.8. The van der Waals surface area contributed by atoms with E-state index in [0.717, 1.165) is 4.88 Å². The predicted molar refractivity (Wildman–Crippen MR) is 75.6 cm³/mol. The van der Waals surface area contributed by atoms with Crippen molar-refractivity contribution < 1.29 is 9.90 Å². The van der Waals surface area contributed by atoms with Gasteiger partial charge in [-0.25, -0.2) is 14.8 Å². The van der Waals surface area contributed by atoms with Crippen LogP contribution in [0.2, 0.25) is 0 Å². The highest BCUT2D eigenvalue weighted by Gasteiger charge is 2.17. The summed E-state index contributed by atoms with van der Waals surface area (Å²) in [7, 11) is 1.76. The fourth-order valence-electron chi connectivity index (χ4n) is 1.91. The number of aromatic carboxylic acids is 1. The van der Waals surface area contributed by atoms with Gasteiger partial charge in [-0.15, -0.1) is 11.3 Å². The molecule has 0 amide bonds. The first-order chi connectivity index (χ1) is 9.56. The van der Waals surface area contributed by atoms with Gasteiger partial charge in [0.1, 0.15) is 5.56 Å². The molecule has 0 aliphatic carbocycles. The van der Waals surface area contributed by atoms with E-state index in [9.17, 15) is 9.90 Å². The van der Waals surface area contributed by atoms with E-state index in [2.05, 4.69) is 20.4 Å². The van der Waals surface area contributed by atoms with Gasteiger partial charge in [0.2, 0.25) is 0 Å². The Morgan fingerprint density at radius 3 is 2.80 bits per heavy atom. The first-order valence-electron chi connectivity index (χ1n) is 5.79. The minimum Gasteiger partial charge on any atom is -0.478 e. The summed E-state index contributed by atoms with van der Waals surface area (Å²) >= 11 is 1.46. The highest BCUT2D eigenvalue weighted by molar-refractivity contribution is 7.15. The quantitative estimate of drug-likeness (QED) is 0.767. The lowest BCUT2D eigenvalue weighted by Gasteiger charge is -2.08. The second-order valence-corrected chi connectivity index (χ2v) is 5.49. The summed E-state index contributed by atoms with van der Waals surface area (Å²) < 4.78 is 1.60. The van der Waals surface area contributed by atoms with E-state index in [1.54, 1.807) is 24.1 Å². The number of nitrogens with one attached hydrogen (secondary N) is 1. The number of carbonyl (C=O) groups is 1. The topological polar surface area (TPSA) is 92.9 Å². The molecule has 3 aromatic heterocycles. The fourth-order valence-corrected chi connectivity index (χ4v) is 2.58. The number of aryl methyl sites for hydroxylation is 2. The number of carboxylic acids is 1. The standard InChI is InChI=1S/C12H11N5O2S/c1-6-3-14-12(20-6)16-9-7-5-15-17(2)10(7)13-4-8(9)11(18)19/h3-5H,1-2H3,(H,18,19)(H,13,14,16). The molecule has 0 bridgehead atoms. The molecular formula is C12H11N5O2S. The number of anilines is 2. The lowest BCUT2D eigenvalue weighted by Crippen LogP contribution is -2.04. The summed E-state index contributed by atoms with van der Waals surface area (Å²) in [5.74, 6) is -1.04. The molecule has 0 unspecified atom stereocenters. The van der Waals surface area contributed by atoms with Crippen LogP contribution in [0.5, 0.6) is 0 Å². The third kappa shape index (κ3) is 1.99. The Morgan fingerprint density at radius 2 is 2.15 bits per heavy atom. The van der Waals surface area contributed by atoms with Gasteiger partial charge in [-0.1, -0.05) is 0 Å². The molecular weight excluding hydrogens is 278 g/mol. The average Bonchev–Trinajstić information content (AvgIpc) is 2.97. The Morgan fingerprint density at radius 1 is 1.35 bits per heavy atom. The second kappa shape index (κ2) is 4.57. The SMILES string of the molecule is Cc1cnc(Nc2c(C(=O)O)cnc3c2cnn3C)s1. The molecule has 0 aliphatic heterocycles. The van der Waals surface area contributed by atoms with Crippen LogP contribution in [0.25, 0.3) is 11.0 Å². The second-order valence-electron chi connectivity index (χ2n) is 4.26. The zero-order valence-corrected chi connectivity index (χ0v) is 11.6. The molecule has 3 heterocycles. The zero-order valence-electron chi connectivity index (χ0n) is 10.8. The zero-order chi connectivity index (χ0) is 14.3. The molecule has 7 nitrogen and oxygen atoms in total. The highest BCUT2D eigenvalue weighted by Crippen LogP contribution is 2.30. The van der Waals surface area contributed by atoms with Crippen LogP contribution in [0.4, 0.5) is 10.8 Å². The van der Waals surface area contributed by atoms with E-state index in [1.165, 1.54) is 17.5 Å². The Balaban J connectivity index is 2.19. The van der Waals surface area contributed by atoms with Crippen LogP contribution < -0.4 is 5.32 Å². The Bertz CT molecular complexity index is 807. The van der Waals surface area contributed by atoms with Crippen molar-refractivity contribution in [1.29, 1.82) is 0 Å². The van der Waals surface area contributed by atoms with E-state index in [1.807, 2.05) is 6.92 Å². The number of fused-ring (bicyclic) bond motifs is 1. The van der Waals surface area contributed by atoms with E-state index in [4.69, 9.17) is 0 Å². The molecule has 0 atom stereocenters. The van der Waals surface area contributed by atoms with Crippen molar-refractivity contribution in [2.45, 2.75) is 6.92 Å². The van der Waals surface area contributed by atoms with Crippen LogP contribution in [0.3, 0.4) is 0 Å². The minimum atomic E-state index is -1.04. The maximum Gasteiger partial charge on any atom is 0.339 e. The van der Waals surface area contributed by atoms with E-state index in [-0.39, 0.29) is 5.56 Å². The number of hydrogen-bond donors (Lipinski definition) is 2. The molecule has 0 fully saturated rings. The van der Waals surface area contributed by atoms with Gasteiger partial charge in [-0.3, -0.25) is 4.68 Å². The number of nitrogens with zero attached hydrogens (tertiary/aromatic N) is 4. The van der Waals surface area contributed by atoms with Crippen LogP contribution in [0.15, 0.2) is 18.6 Å². The Hall–Kier alpha value is -2.48.